The average molecular weight is 285 g/mol. The molecule has 2 rings (SSSR count). The molecule has 1 aromatic heterocycles. The SMILES string of the molecule is Cc1cc(NCCc2ccc(CO)cc2)nc(C(C)C)n1. The van der Waals surface area contributed by atoms with Crippen molar-refractivity contribution >= 4 is 5.82 Å². The topological polar surface area (TPSA) is 58.0 Å². The summed E-state index contributed by atoms with van der Waals surface area (Å²) < 4.78 is 0. The van der Waals surface area contributed by atoms with Crippen LogP contribution in [-0.2, 0) is 13.0 Å². The van der Waals surface area contributed by atoms with E-state index in [-0.39, 0.29) is 6.61 Å². The number of aromatic nitrogens is 2. The van der Waals surface area contributed by atoms with Crippen LogP contribution in [0.4, 0.5) is 5.82 Å². The molecular weight excluding hydrogens is 262 g/mol. The highest BCUT2D eigenvalue weighted by atomic mass is 16.3. The molecule has 0 unspecified atom stereocenters. The zero-order chi connectivity index (χ0) is 15.2. The summed E-state index contributed by atoms with van der Waals surface area (Å²) in [5.41, 5.74) is 3.18. The van der Waals surface area contributed by atoms with E-state index in [1.54, 1.807) is 0 Å². The number of aliphatic hydroxyl groups is 1. The number of anilines is 1. The van der Waals surface area contributed by atoms with Crippen molar-refractivity contribution in [2.24, 2.45) is 0 Å². The van der Waals surface area contributed by atoms with Crippen LogP contribution in [0.5, 0.6) is 0 Å². The lowest BCUT2D eigenvalue weighted by molar-refractivity contribution is 0.282. The van der Waals surface area contributed by atoms with Crippen LogP contribution in [0.1, 0.15) is 42.4 Å². The highest BCUT2D eigenvalue weighted by Gasteiger charge is 2.05. The van der Waals surface area contributed by atoms with Gasteiger partial charge in [-0.2, -0.15) is 0 Å². The Balaban J connectivity index is 1.93. The summed E-state index contributed by atoms with van der Waals surface area (Å²) in [6.45, 7) is 7.11. The highest BCUT2D eigenvalue weighted by molar-refractivity contribution is 5.36. The average Bonchev–Trinajstić information content (AvgIpc) is 2.47. The summed E-state index contributed by atoms with van der Waals surface area (Å²) in [6.07, 6.45) is 0.922. The number of benzene rings is 1. The lowest BCUT2D eigenvalue weighted by Gasteiger charge is -2.10. The van der Waals surface area contributed by atoms with Crippen molar-refractivity contribution in [1.82, 2.24) is 9.97 Å². The second kappa shape index (κ2) is 7.18. The van der Waals surface area contributed by atoms with Crippen molar-refractivity contribution in [3.8, 4) is 0 Å². The summed E-state index contributed by atoms with van der Waals surface area (Å²) in [6, 6.07) is 10.00. The van der Waals surface area contributed by atoms with Gasteiger partial charge in [0.2, 0.25) is 0 Å². The van der Waals surface area contributed by atoms with Crippen LogP contribution in [0.25, 0.3) is 0 Å². The minimum Gasteiger partial charge on any atom is -0.392 e. The summed E-state index contributed by atoms with van der Waals surface area (Å²) >= 11 is 0. The summed E-state index contributed by atoms with van der Waals surface area (Å²) in [5.74, 6) is 2.10. The maximum absolute atomic E-state index is 9.02. The molecule has 0 aliphatic heterocycles. The molecule has 2 N–H and O–H groups in total. The van der Waals surface area contributed by atoms with Crippen molar-refractivity contribution in [1.29, 1.82) is 0 Å². The Kier molecular flexibility index (Phi) is 5.28. The lowest BCUT2D eigenvalue weighted by atomic mass is 10.1. The lowest BCUT2D eigenvalue weighted by Crippen LogP contribution is -2.09. The van der Waals surface area contributed by atoms with Crippen LogP contribution >= 0.6 is 0 Å². The van der Waals surface area contributed by atoms with Gasteiger partial charge in [0.05, 0.1) is 6.61 Å². The molecule has 2 aromatic rings. The zero-order valence-electron chi connectivity index (χ0n) is 12.9. The molecule has 21 heavy (non-hydrogen) atoms. The largest absolute Gasteiger partial charge is 0.392 e. The summed E-state index contributed by atoms with van der Waals surface area (Å²) in [4.78, 5) is 8.98. The summed E-state index contributed by atoms with van der Waals surface area (Å²) in [5, 5.41) is 12.4. The van der Waals surface area contributed by atoms with Crippen molar-refractivity contribution in [2.45, 2.75) is 39.7 Å². The second-order valence-corrected chi connectivity index (χ2v) is 5.56. The first-order valence-electron chi connectivity index (χ1n) is 7.36. The molecule has 1 aromatic carbocycles. The number of aliphatic hydroxyl groups excluding tert-OH is 1. The van der Waals surface area contributed by atoms with Gasteiger partial charge in [-0.1, -0.05) is 38.1 Å². The molecule has 0 saturated carbocycles. The van der Waals surface area contributed by atoms with E-state index in [0.717, 1.165) is 35.9 Å². The number of rotatable bonds is 6. The quantitative estimate of drug-likeness (QED) is 0.856. The number of hydrogen-bond acceptors (Lipinski definition) is 4. The van der Waals surface area contributed by atoms with Gasteiger partial charge in [-0.15, -0.1) is 0 Å². The van der Waals surface area contributed by atoms with E-state index in [4.69, 9.17) is 5.11 Å². The molecule has 1 heterocycles. The predicted molar refractivity (Wildman–Crippen MR) is 85.4 cm³/mol. The molecule has 4 heteroatoms. The van der Waals surface area contributed by atoms with Gasteiger partial charge < -0.3 is 10.4 Å². The zero-order valence-corrected chi connectivity index (χ0v) is 12.9. The van der Waals surface area contributed by atoms with E-state index in [1.807, 2.05) is 25.1 Å². The Hall–Kier alpha value is -1.94. The Morgan fingerprint density at radius 1 is 1.10 bits per heavy atom. The molecule has 0 radical (unpaired) electrons. The van der Waals surface area contributed by atoms with Gasteiger partial charge >= 0.3 is 0 Å². The predicted octanol–water partition coefficient (Wildman–Crippen LogP) is 3.06. The van der Waals surface area contributed by atoms with Gasteiger partial charge in [0, 0.05) is 24.2 Å². The van der Waals surface area contributed by atoms with Crippen LogP contribution in [0, 0.1) is 6.92 Å². The van der Waals surface area contributed by atoms with Gasteiger partial charge in [0.15, 0.2) is 0 Å². The van der Waals surface area contributed by atoms with Gasteiger partial charge in [0.1, 0.15) is 11.6 Å². The van der Waals surface area contributed by atoms with Crippen molar-refractivity contribution in [3.05, 3.63) is 53.0 Å². The van der Waals surface area contributed by atoms with E-state index >= 15 is 0 Å². The van der Waals surface area contributed by atoms with Crippen LogP contribution in [-0.4, -0.2) is 21.6 Å². The molecule has 0 aliphatic rings. The molecule has 0 amide bonds. The molecule has 112 valence electrons. The first kappa shape index (κ1) is 15.4. The van der Waals surface area contributed by atoms with E-state index in [9.17, 15) is 0 Å². The molecule has 4 nitrogen and oxygen atoms in total. The standard InChI is InChI=1S/C17H23N3O/c1-12(2)17-19-13(3)10-16(20-17)18-9-8-14-4-6-15(11-21)7-5-14/h4-7,10,12,21H,8-9,11H2,1-3H3,(H,18,19,20). The van der Waals surface area contributed by atoms with Gasteiger partial charge in [-0.25, -0.2) is 9.97 Å². The van der Waals surface area contributed by atoms with Gasteiger partial charge in [-0.3, -0.25) is 0 Å². The highest BCUT2D eigenvalue weighted by Crippen LogP contribution is 2.13. The minimum atomic E-state index is 0.0940. The molecule has 0 bridgehead atoms. The Bertz CT molecular complexity index is 579. The fraction of sp³-hybridized carbons (Fsp3) is 0.412. The second-order valence-electron chi connectivity index (χ2n) is 5.56. The van der Waals surface area contributed by atoms with E-state index in [2.05, 4.69) is 41.3 Å². The van der Waals surface area contributed by atoms with Crippen LogP contribution < -0.4 is 5.32 Å². The van der Waals surface area contributed by atoms with Crippen molar-refractivity contribution in [3.63, 3.8) is 0 Å². The fourth-order valence-corrected chi connectivity index (χ4v) is 2.09. The first-order valence-corrected chi connectivity index (χ1v) is 7.36. The Labute approximate surface area is 126 Å². The monoisotopic (exact) mass is 285 g/mol. The molecule has 0 spiro atoms. The molecule has 0 saturated heterocycles. The van der Waals surface area contributed by atoms with E-state index in [0.29, 0.717) is 5.92 Å². The van der Waals surface area contributed by atoms with Crippen LogP contribution in [0.15, 0.2) is 30.3 Å². The molecule has 0 atom stereocenters. The van der Waals surface area contributed by atoms with Crippen LogP contribution in [0.2, 0.25) is 0 Å². The number of hydrogen-bond donors (Lipinski definition) is 2. The number of aryl methyl sites for hydroxylation is 1. The Morgan fingerprint density at radius 2 is 1.76 bits per heavy atom. The fourth-order valence-electron chi connectivity index (χ4n) is 2.09. The normalized spacial score (nSPS) is 10.9. The van der Waals surface area contributed by atoms with Gasteiger partial charge in [0.25, 0.3) is 0 Å². The van der Waals surface area contributed by atoms with Crippen molar-refractivity contribution in [2.75, 3.05) is 11.9 Å². The summed E-state index contributed by atoms with van der Waals surface area (Å²) in [7, 11) is 0. The molecule has 0 aliphatic carbocycles. The maximum atomic E-state index is 9.02. The third-order valence-electron chi connectivity index (χ3n) is 3.31. The van der Waals surface area contributed by atoms with E-state index < -0.39 is 0 Å². The Morgan fingerprint density at radius 3 is 2.38 bits per heavy atom. The van der Waals surface area contributed by atoms with E-state index in [1.165, 1.54) is 5.56 Å². The van der Waals surface area contributed by atoms with Crippen LogP contribution in [0.3, 0.4) is 0 Å². The number of nitrogens with zero attached hydrogens (tertiary/aromatic N) is 2. The maximum Gasteiger partial charge on any atom is 0.133 e. The first-order chi connectivity index (χ1) is 10.1. The minimum absolute atomic E-state index is 0.0940. The third-order valence-corrected chi connectivity index (χ3v) is 3.31. The van der Waals surface area contributed by atoms with Crippen molar-refractivity contribution < 1.29 is 5.11 Å². The number of nitrogens with one attached hydrogen (secondary N) is 1. The smallest absolute Gasteiger partial charge is 0.133 e. The molecular formula is C17H23N3O. The van der Waals surface area contributed by atoms with Gasteiger partial charge in [-0.05, 0) is 24.5 Å². The molecule has 0 fully saturated rings. The third kappa shape index (κ3) is 4.53.